The summed E-state index contributed by atoms with van der Waals surface area (Å²) in [5, 5.41) is 6.52. The first-order valence-corrected chi connectivity index (χ1v) is 5.38. The molecule has 6 heteroatoms. The number of carbonyl (C=O) groups excluding carboxylic acids is 1. The van der Waals surface area contributed by atoms with E-state index in [1.165, 1.54) is 0 Å². The minimum Gasteiger partial charge on any atom is -0.452 e. The van der Waals surface area contributed by atoms with Crippen LogP contribution in [-0.2, 0) is 7.05 Å². The van der Waals surface area contributed by atoms with Crippen LogP contribution >= 0.6 is 0 Å². The van der Waals surface area contributed by atoms with Gasteiger partial charge in [0.1, 0.15) is 0 Å². The molecular weight excluding hydrogens is 232 g/mol. The van der Waals surface area contributed by atoms with E-state index in [4.69, 9.17) is 10.5 Å². The fourth-order valence-electron chi connectivity index (χ4n) is 1.51. The number of hydrogen-bond donors (Lipinski definition) is 2. The van der Waals surface area contributed by atoms with Crippen molar-refractivity contribution >= 4 is 11.6 Å². The van der Waals surface area contributed by atoms with Crippen molar-refractivity contribution in [2.45, 2.75) is 0 Å². The molecule has 0 aliphatic carbocycles. The van der Waals surface area contributed by atoms with Crippen LogP contribution in [0.3, 0.4) is 0 Å². The summed E-state index contributed by atoms with van der Waals surface area (Å²) < 4.78 is 7.19. The second kappa shape index (κ2) is 4.79. The Bertz CT molecular complexity index is 577. The van der Waals surface area contributed by atoms with Crippen molar-refractivity contribution in [3.05, 3.63) is 36.2 Å². The van der Waals surface area contributed by atoms with Crippen LogP contribution in [0.25, 0.3) is 0 Å². The van der Waals surface area contributed by atoms with Crippen LogP contribution in [0.1, 0.15) is 10.4 Å². The summed E-state index contributed by atoms with van der Waals surface area (Å²) in [4.78, 5) is 11.4. The zero-order chi connectivity index (χ0) is 13.1. The Kier molecular flexibility index (Phi) is 3.18. The molecule has 1 aromatic carbocycles. The molecule has 0 fully saturated rings. The molecule has 94 valence electrons. The van der Waals surface area contributed by atoms with Gasteiger partial charge < -0.3 is 15.8 Å². The van der Waals surface area contributed by atoms with Crippen molar-refractivity contribution in [1.82, 2.24) is 15.1 Å². The Morgan fingerprint density at radius 2 is 2.28 bits per heavy atom. The SMILES string of the molecule is CNC(=O)c1ccc(Oc2cnn(C)c2)c(N)c1. The second-order valence-electron chi connectivity index (χ2n) is 3.78. The fourth-order valence-corrected chi connectivity index (χ4v) is 1.51. The number of aryl methyl sites for hydroxylation is 1. The summed E-state index contributed by atoms with van der Waals surface area (Å²) in [7, 11) is 3.36. The summed E-state index contributed by atoms with van der Waals surface area (Å²) in [6.45, 7) is 0. The third kappa shape index (κ3) is 2.42. The maximum Gasteiger partial charge on any atom is 0.251 e. The molecule has 0 saturated heterocycles. The Balaban J connectivity index is 2.22. The molecule has 1 aromatic heterocycles. The number of nitrogen functional groups attached to an aromatic ring is 1. The van der Waals surface area contributed by atoms with E-state index in [0.717, 1.165) is 0 Å². The summed E-state index contributed by atoms with van der Waals surface area (Å²) in [5.41, 5.74) is 6.73. The van der Waals surface area contributed by atoms with Crippen LogP contribution in [0.2, 0.25) is 0 Å². The van der Waals surface area contributed by atoms with Crippen LogP contribution in [0.4, 0.5) is 5.69 Å². The topological polar surface area (TPSA) is 82.2 Å². The number of rotatable bonds is 3. The first-order chi connectivity index (χ1) is 8.60. The molecule has 0 bridgehead atoms. The number of nitrogens with zero attached hydrogens (tertiary/aromatic N) is 2. The van der Waals surface area contributed by atoms with Crippen LogP contribution in [0, 0.1) is 0 Å². The van der Waals surface area contributed by atoms with Crippen LogP contribution in [0.15, 0.2) is 30.6 Å². The monoisotopic (exact) mass is 246 g/mol. The van der Waals surface area contributed by atoms with Gasteiger partial charge in [0, 0.05) is 19.7 Å². The molecule has 0 saturated carbocycles. The Morgan fingerprint density at radius 1 is 1.50 bits per heavy atom. The second-order valence-corrected chi connectivity index (χ2v) is 3.78. The number of nitrogens with one attached hydrogen (secondary N) is 1. The maximum atomic E-state index is 11.4. The maximum absolute atomic E-state index is 11.4. The molecule has 18 heavy (non-hydrogen) atoms. The van der Waals surface area contributed by atoms with Crippen molar-refractivity contribution < 1.29 is 9.53 Å². The molecule has 1 amide bonds. The van der Waals surface area contributed by atoms with Crippen molar-refractivity contribution in [2.75, 3.05) is 12.8 Å². The van der Waals surface area contributed by atoms with E-state index in [0.29, 0.717) is 22.7 Å². The third-order valence-corrected chi connectivity index (χ3v) is 2.41. The van der Waals surface area contributed by atoms with E-state index in [9.17, 15) is 4.79 Å². The number of ether oxygens (including phenoxy) is 1. The molecule has 0 aliphatic heterocycles. The number of aromatic nitrogens is 2. The van der Waals surface area contributed by atoms with E-state index >= 15 is 0 Å². The Morgan fingerprint density at radius 3 is 2.83 bits per heavy atom. The minimum absolute atomic E-state index is 0.186. The van der Waals surface area contributed by atoms with Crippen molar-refractivity contribution in [1.29, 1.82) is 0 Å². The lowest BCUT2D eigenvalue weighted by atomic mass is 10.2. The zero-order valence-corrected chi connectivity index (χ0v) is 10.2. The van der Waals surface area contributed by atoms with Gasteiger partial charge in [0.2, 0.25) is 0 Å². The van der Waals surface area contributed by atoms with Crippen LogP contribution < -0.4 is 15.8 Å². The predicted molar refractivity (Wildman–Crippen MR) is 67.5 cm³/mol. The molecule has 2 aromatic rings. The van der Waals surface area contributed by atoms with Crippen LogP contribution in [-0.4, -0.2) is 22.7 Å². The van der Waals surface area contributed by atoms with Crippen molar-refractivity contribution in [3.8, 4) is 11.5 Å². The largest absolute Gasteiger partial charge is 0.452 e. The van der Waals surface area contributed by atoms with Gasteiger partial charge >= 0.3 is 0 Å². The molecule has 0 spiro atoms. The summed E-state index contributed by atoms with van der Waals surface area (Å²) in [6, 6.07) is 4.89. The Hall–Kier alpha value is -2.50. The average Bonchev–Trinajstić information content (AvgIpc) is 2.76. The first kappa shape index (κ1) is 12.0. The highest BCUT2D eigenvalue weighted by Crippen LogP contribution is 2.27. The highest BCUT2D eigenvalue weighted by Gasteiger charge is 2.08. The van der Waals surface area contributed by atoms with E-state index in [2.05, 4.69) is 10.4 Å². The predicted octanol–water partition coefficient (Wildman–Crippen LogP) is 1.15. The summed E-state index contributed by atoms with van der Waals surface area (Å²) in [6.07, 6.45) is 3.32. The molecule has 1 heterocycles. The molecule has 6 nitrogen and oxygen atoms in total. The third-order valence-electron chi connectivity index (χ3n) is 2.41. The number of amides is 1. The van der Waals surface area contributed by atoms with E-state index < -0.39 is 0 Å². The first-order valence-electron chi connectivity index (χ1n) is 5.38. The smallest absolute Gasteiger partial charge is 0.251 e. The number of carbonyl (C=O) groups is 1. The molecule has 0 atom stereocenters. The van der Waals surface area contributed by atoms with Gasteiger partial charge in [-0.05, 0) is 18.2 Å². The number of anilines is 1. The van der Waals surface area contributed by atoms with Gasteiger partial charge in [0.05, 0.1) is 18.1 Å². The molecular formula is C12H14N4O2. The quantitative estimate of drug-likeness (QED) is 0.796. The lowest BCUT2D eigenvalue weighted by Gasteiger charge is -2.07. The van der Waals surface area contributed by atoms with Gasteiger partial charge in [-0.25, -0.2) is 0 Å². The molecule has 3 N–H and O–H groups in total. The molecule has 2 rings (SSSR count). The Labute approximate surface area is 104 Å². The van der Waals surface area contributed by atoms with Crippen molar-refractivity contribution in [3.63, 3.8) is 0 Å². The average molecular weight is 246 g/mol. The van der Waals surface area contributed by atoms with E-state index in [-0.39, 0.29) is 5.91 Å². The lowest BCUT2D eigenvalue weighted by Crippen LogP contribution is -2.17. The number of nitrogens with two attached hydrogens (primary N) is 1. The van der Waals surface area contributed by atoms with Gasteiger partial charge in [0.25, 0.3) is 5.91 Å². The highest BCUT2D eigenvalue weighted by molar-refractivity contribution is 5.95. The van der Waals surface area contributed by atoms with Gasteiger partial charge in [-0.15, -0.1) is 0 Å². The molecule has 0 unspecified atom stereocenters. The van der Waals surface area contributed by atoms with Gasteiger partial charge in [-0.2, -0.15) is 5.10 Å². The van der Waals surface area contributed by atoms with Gasteiger partial charge in [-0.3, -0.25) is 9.48 Å². The number of hydrogen-bond acceptors (Lipinski definition) is 4. The highest BCUT2D eigenvalue weighted by atomic mass is 16.5. The normalized spacial score (nSPS) is 10.1. The van der Waals surface area contributed by atoms with Gasteiger partial charge in [-0.1, -0.05) is 0 Å². The molecule has 0 radical (unpaired) electrons. The van der Waals surface area contributed by atoms with Crippen LogP contribution in [0.5, 0.6) is 11.5 Å². The zero-order valence-electron chi connectivity index (χ0n) is 10.2. The summed E-state index contributed by atoms with van der Waals surface area (Å²) >= 11 is 0. The standard InChI is InChI=1S/C12H14N4O2/c1-14-12(17)8-3-4-11(10(13)5-8)18-9-6-15-16(2)7-9/h3-7H,13H2,1-2H3,(H,14,17). The lowest BCUT2D eigenvalue weighted by molar-refractivity contribution is 0.0963. The number of benzene rings is 1. The van der Waals surface area contributed by atoms with Crippen molar-refractivity contribution in [2.24, 2.45) is 7.05 Å². The summed E-state index contributed by atoms with van der Waals surface area (Å²) in [5.74, 6) is 0.905. The van der Waals surface area contributed by atoms with Gasteiger partial charge in [0.15, 0.2) is 11.5 Å². The fraction of sp³-hybridized carbons (Fsp3) is 0.167. The minimum atomic E-state index is -0.186. The van der Waals surface area contributed by atoms with E-state index in [1.807, 2.05) is 0 Å². The van der Waals surface area contributed by atoms with E-state index in [1.54, 1.807) is 49.4 Å². The molecule has 0 aliphatic rings.